The number of nitrogens with zero attached hydrogens (tertiary/aromatic N) is 1. The lowest BCUT2D eigenvalue weighted by molar-refractivity contribution is -0.141. The summed E-state index contributed by atoms with van der Waals surface area (Å²) in [5.41, 5.74) is 1.53. The lowest BCUT2D eigenvalue weighted by Gasteiger charge is -2.16. The molecule has 2 atom stereocenters. The Morgan fingerprint density at radius 1 is 1.19 bits per heavy atom. The molecule has 2 aromatic rings. The molecule has 0 saturated carbocycles. The van der Waals surface area contributed by atoms with Crippen LogP contribution in [0.1, 0.15) is 17.0 Å². The summed E-state index contributed by atoms with van der Waals surface area (Å²) in [6.07, 6.45) is -0.552. The lowest BCUT2D eigenvalue weighted by atomic mass is 9.89. The summed E-state index contributed by atoms with van der Waals surface area (Å²) < 4.78 is 19.0. The number of hydrogen-bond donors (Lipinski definition) is 1. The Morgan fingerprint density at radius 3 is 2.58 bits per heavy atom. The van der Waals surface area contributed by atoms with E-state index >= 15 is 0 Å². The number of amides is 1. The second-order valence-electron chi connectivity index (χ2n) is 6.17. The second-order valence-corrected chi connectivity index (χ2v) is 7.02. The number of carboxylic acid groups (broad SMARTS) is 1. The fourth-order valence-corrected chi connectivity index (χ4v) is 3.49. The van der Waals surface area contributed by atoms with E-state index in [1.165, 1.54) is 11.0 Å². The third-order valence-corrected chi connectivity index (χ3v) is 5.08. The van der Waals surface area contributed by atoms with Gasteiger partial charge in [-0.3, -0.25) is 4.79 Å². The maximum absolute atomic E-state index is 13.5. The number of carbonyl (C=O) groups is 2. The van der Waals surface area contributed by atoms with E-state index in [1.807, 2.05) is 30.3 Å². The number of carbonyl (C=O) groups excluding carboxylic acids is 1. The predicted octanol–water partition coefficient (Wildman–Crippen LogP) is 4.03. The van der Waals surface area contributed by atoms with E-state index in [0.29, 0.717) is 5.56 Å². The molecule has 0 aromatic heterocycles. The van der Waals surface area contributed by atoms with E-state index in [0.717, 1.165) is 5.56 Å². The predicted molar refractivity (Wildman–Crippen MR) is 96.2 cm³/mol. The summed E-state index contributed by atoms with van der Waals surface area (Å²) in [5, 5.41) is 9.51. The Morgan fingerprint density at radius 2 is 1.92 bits per heavy atom. The Balaban J connectivity index is 1.71. The number of carboxylic acids is 1. The fraction of sp³-hybridized carbons (Fsp3) is 0.263. The number of rotatable bonds is 4. The average Bonchev–Trinajstić information content (AvgIpc) is 3.09. The molecule has 1 amide bonds. The van der Waals surface area contributed by atoms with Crippen LogP contribution >= 0.6 is 15.9 Å². The lowest BCUT2D eigenvalue weighted by Crippen LogP contribution is -2.30. The van der Waals surface area contributed by atoms with Crippen molar-refractivity contribution in [2.75, 3.05) is 13.1 Å². The first-order valence-corrected chi connectivity index (χ1v) is 8.88. The highest BCUT2D eigenvalue weighted by molar-refractivity contribution is 9.10. The van der Waals surface area contributed by atoms with Crippen LogP contribution in [0.5, 0.6) is 0 Å². The van der Waals surface area contributed by atoms with E-state index in [2.05, 4.69) is 15.9 Å². The van der Waals surface area contributed by atoms with Crippen molar-refractivity contribution in [2.45, 2.75) is 12.5 Å². The van der Waals surface area contributed by atoms with Gasteiger partial charge in [0, 0.05) is 19.0 Å². The van der Waals surface area contributed by atoms with Gasteiger partial charge >= 0.3 is 12.1 Å². The fourth-order valence-electron chi connectivity index (χ4n) is 3.09. The van der Waals surface area contributed by atoms with Crippen LogP contribution in [0.15, 0.2) is 53.0 Å². The van der Waals surface area contributed by atoms with Crippen molar-refractivity contribution < 1.29 is 23.8 Å². The minimum atomic E-state index is -0.992. The van der Waals surface area contributed by atoms with Crippen LogP contribution in [0.2, 0.25) is 0 Å². The molecule has 1 saturated heterocycles. The van der Waals surface area contributed by atoms with Crippen LogP contribution in [0.25, 0.3) is 0 Å². The molecule has 0 bridgehead atoms. The van der Waals surface area contributed by atoms with Gasteiger partial charge in [0.1, 0.15) is 12.4 Å². The van der Waals surface area contributed by atoms with Gasteiger partial charge in [-0.1, -0.05) is 36.4 Å². The number of aliphatic carboxylic acids is 1. The van der Waals surface area contributed by atoms with Gasteiger partial charge in [0.25, 0.3) is 0 Å². The van der Waals surface area contributed by atoms with Gasteiger partial charge in [0.15, 0.2) is 0 Å². The maximum Gasteiger partial charge on any atom is 0.410 e. The summed E-state index contributed by atoms with van der Waals surface area (Å²) in [6, 6.07) is 13.7. The zero-order valence-corrected chi connectivity index (χ0v) is 15.4. The molecule has 3 rings (SSSR count). The number of ether oxygens (including phenoxy) is 1. The standard InChI is InChI=1S/C19H17BrFNO4/c20-16-8-13(6-7-17(16)21)14-9-22(10-15(14)18(23)24)19(25)26-11-12-4-2-1-3-5-12/h1-8,14-15H,9-11H2,(H,23,24)/t14-,15+/m0/s1. The van der Waals surface area contributed by atoms with Crippen LogP contribution in [-0.2, 0) is 16.1 Å². The molecular formula is C19H17BrFNO4. The number of benzene rings is 2. The summed E-state index contributed by atoms with van der Waals surface area (Å²) >= 11 is 3.12. The Kier molecular flexibility index (Phi) is 5.56. The largest absolute Gasteiger partial charge is 0.481 e. The molecular weight excluding hydrogens is 405 g/mol. The highest BCUT2D eigenvalue weighted by Crippen LogP contribution is 2.35. The number of halogens is 2. The van der Waals surface area contributed by atoms with Crippen LogP contribution < -0.4 is 0 Å². The molecule has 1 heterocycles. The highest BCUT2D eigenvalue weighted by atomic mass is 79.9. The molecule has 1 fully saturated rings. The Bertz CT molecular complexity index is 814. The van der Waals surface area contributed by atoms with Gasteiger partial charge in [0.05, 0.1) is 10.4 Å². The van der Waals surface area contributed by atoms with Crippen LogP contribution in [0, 0.1) is 11.7 Å². The molecule has 136 valence electrons. The van der Waals surface area contributed by atoms with Crippen molar-refractivity contribution in [3.8, 4) is 0 Å². The van der Waals surface area contributed by atoms with Crippen molar-refractivity contribution in [3.63, 3.8) is 0 Å². The molecule has 7 heteroatoms. The molecule has 0 radical (unpaired) electrons. The van der Waals surface area contributed by atoms with Crippen molar-refractivity contribution in [1.29, 1.82) is 0 Å². The van der Waals surface area contributed by atoms with Crippen LogP contribution in [0.4, 0.5) is 9.18 Å². The average molecular weight is 422 g/mol. The van der Waals surface area contributed by atoms with E-state index in [1.54, 1.807) is 12.1 Å². The van der Waals surface area contributed by atoms with E-state index in [-0.39, 0.29) is 24.2 Å². The van der Waals surface area contributed by atoms with Crippen molar-refractivity contribution >= 4 is 28.0 Å². The summed E-state index contributed by atoms with van der Waals surface area (Å²) in [4.78, 5) is 25.3. The van der Waals surface area contributed by atoms with Crippen molar-refractivity contribution in [2.24, 2.45) is 5.92 Å². The highest BCUT2D eigenvalue weighted by Gasteiger charge is 2.41. The van der Waals surface area contributed by atoms with Gasteiger partial charge in [-0.05, 0) is 39.2 Å². The molecule has 1 N–H and O–H groups in total. The van der Waals surface area contributed by atoms with E-state index < -0.39 is 29.7 Å². The summed E-state index contributed by atoms with van der Waals surface area (Å²) in [5.74, 6) is -2.60. The van der Waals surface area contributed by atoms with E-state index in [9.17, 15) is 19.1 Å². The first-order chi connectivity index (χ1) is 12.5. The topological polar surface area (TPSA) is 66.8 Å². The van der Waals surface area contributed by atoms with Gasteiger partial charge in [0.2, 0.25) is 0 Å². The molecule has 26 heavy (non-hydrogen) atoms. The van der Waals surface area contributed by atoms with Crippen molar-refractivity contribution in [3.05, 3.63) is 69.9 Å². The third kappa shape index (κ3) is 4.04. The number of hydrogen-bond acceptors (Lipinski definition) is 3. The van der Waals surface area contributed by atoms with E-state index in [4.69, 9.17) is 4.74 Å². The minimum Gasteiger partial charge on any atom is -0.481 e. The molecule has 1 aliphatic heterocycles. The van der Waals surface area contributed by atoms with Crippen molar-refractivity contribution in [1.82, 2.24) is 4.90 Å². The first-order valence-electron chi connectivity index (χ1n) is 8.09. The zero-order valence-electron chi connectivity index (χ0n) is 13.8. The summed E-state index contributed by atoms with van der Waals surface area (Å²) in [6.45, 7) is 0.395. The zero-order chi connectivity index (χ0) is 18.7. The van der Waals surface area contributed by atoms with Gasteiger partial charge in [-0.15, -0.1) is 0 Å². The Labute approximate surface area is 158 Å². The maximum atomic E-state index is 13.5. The monoisotopic (exact) mass is 421 g/mol. The molecule has 1 aliphatic rings. The smallest absolute Gasteiger partial charge is 0.410 e. The quantitative estimate of drug-likeness (QED) is 0.809. The normalized spacial score (nSPS) is 19.4. The van der Waals surface area contributed by atoms with Gasteiger partial charge < -0.3 is 14.7 Å². The Hall–Kier alpha value is -2.41. The second kappa shape index (κ2) is 7.86. The molecule has 5 nitrogen and oxygen atoms in total. The summed E-state index contributed by atoms with van der Waals surface area (Å²) in [7, 11) is 0. The van der Waals surface area contributed by atoms with Gasteiger partial charge in [-0.25, -0.2) is 9.18 Å². The molecule has 0 unspecified atom stereocenters. The molecule has 2 aromatic carbocycles. The van der Waals surface area contributed by atoms with Gasteiger partial charge in [-0.2, -0.15) is 0 Å². The third-order valence-electron chi connectivity index (χ3n) is 4.47. The molecule has 0 aliphatic carbocycles. The molecule has 0 spiro atoms. The number of likely N-dealkylation sites (tertiary alicyclic amines) is 1. The first kappa shape index (κ1) is 18.4. The minimum absolute atomic E-state index is 0.0582. The SMILES string of the molecule is O=C(O)[C@@H]1CN(C(=O)OCc2ccccc2)C[C@H]1c1ccc(F)c(Br)c1. The van der Waals surface area contributed by atoms with Crippen LogP contribution in [0.3, 0.4) is 0 Å². The van der Waals surface area contributed by atoms with Crippen LogP contribution in [-0.4, -0.2) is 35.2 Å².